The first-order chi connectivity index (χ1) is 5.39. The van der Waals surface area contributed by atoms with Gasteiger partial charge in [-0.25, -0.2) is 0 Å². The summed E-state index contributed by atoms with van der Waals surface area (Å²) in [6.45, 7) is 2.08. The van der Waals surface area contributed by atoms with E-state index in [4.69, 9.17) is 17.5 Å². The first-order valence-corrected chi connectivity index (χ1v) is 4.41. The third-order valence-electron chi connectivity index (χ3n) is 0.940. The van der Waals surface area contributed by atoms with Crippen LogP contribution >= 0.6 is 0 Å². The first kappa shape index (κ1) is 15.6. The Bertz CT molecular complexity index is 306. The van der Waals surface area contributed by atoms with Crippen LogP contribution in [0.25, 0.3) is 0 Å². The summed E-state index contributed by atoms with van der Waals surface area (Å²) in [5.41, 5.74) is 1.32. The average molecular weight is 212 g/mol. The van der Waals surface area contributed by atoms with Crippen LogP contribution in [-0.2, 0) is 10.4 Å². The maximum Gasteiger partial charge on any atom is 1.00 e. The standard InChI is InChI=1S/C7H8.Na.H2O4S/c1-7-5-3-2-4-6-7;;1-5(2,3)4/h2-6H,1H3;;(H2,1,2,3,4)/q;+1;/p-1. The summed E-state index contributed by atoms with van der Waals surface area (Å²) < 4.78 is 34.1. The molecule has 4 nitrogen and oxygen atoms in total. The summed E-state index contributed by atoms with van der Waals surface area (Å²) in [5, 5.41) is 0. The molecule has 0 unspecified atom stereocenters. The van der Waals surface area contributed by atoms with E-state index < -0.39 is 10.4 Å². The molecule has 0 radical (unpaired) electrons. The van der Waals surface area contributed by atoms with Gasteiger partial charge in [0, 0.05) is 10.4 Å². The second-order valence-corrected chi connectivity index (χ2v) is 2.88. The number of benzene rings is 1. The van der Waals surface area contributed by atoms with Crippen molar-refractivity contribution in [3.63, 3.8) is 0 Å². The van der Waals surface area contributed by atoms with E-state index in [1.54, 1.807) is 0 Å². The van der Waals surface area contributed by atoms with Gasteiger partial charge < -0.3 is 9.11 Å². The molecule has 13 heavy (non-hydrogen) atoms. The van der Waals surface area contributed by atoms with E-state index in [0.717, 1.165) is 0 Å². The van der Waals surface area contributed by atoms with Gasteiger partial charge in [-0.3, -0.25) is 8.42 Å². The molecule has 1 aromatic carbocycles. The van der Waals surface area contributed by atoms with Gasteiger partial charge in [-0.2, -0.15) is 0 Å². The molecule has 0 heterocycles. The molecule has 0 bridgehead atoms. The van der Waals surface area contributed by atoms with E-state index in [9.17, 15) is 0 Å². The summed E-state index contributed by atoms with van der Waals surface area (Å²) in [5.74, 6) is 0. The number of hydrogen-bond donors (Lipinski definition) is 0. The van der Waals surface area contributed by atoms with Gasteiger partial charge in [0.1, 0.15) is 0 Å². The molecule has 0 fully saturated rings. The SMILES string of the molecule is Cc1ccccc1.O=S(=O)([O-])[O-].[H+].[Na+]. The fourth-order valence-electron chi connectivity index (χ4n) is 0.534. The molecule has 0 saturated carbocycles. The van der Waals surface area contributed by atoms with Gasteiger partial charge in [-0.15, -0.1) is 0 Å². The zero-order valence-corrected chi connectivity index (χ0v) is 10.2. The minimum Gasteiger partial charge on any atom is -0.759 e. The van der Waals surface area contributed by atoms with Gasteiger partial charge in [0.05, 0.1) is 0 Å². The Labute approximate surface area is 101 Å². The molecule has 6 heteroatoms. The topological polar surface area (TPSA) is 80.3 Å². The summed E-state index contributed by atoms with van der Waals surface area (Å²) in [6, 6.07) is 10.3. The molecule has 68 valence electrons. The summed E-state index contributed by atoms with van der Waals surface area (Å²) >= 11 is 0. The molecule has 0 amide bonds. The van der Waals surface area contributed by atoms with E-state index in [-0.39, 0.29) is 31.0 Å². The van der Waals surface area contributed by atoms with Crippen LogP contribution in [0.2, 0.25) is 0 Å². The Morgan fingerprint density at radius 2 is 1.46 bits per heavy atom. The van der Waals surface area contributed by atoms with Crippen LogP contribution < -0.4 is 29.6 Å². The predicted octanol–water partition coefficient (Wildman–Crippen LogP) is -2.23. The quantitative estimate of drug-likeness (QED) is 0.277. The van der Waals surface area contributed by atoms with Crippen molar-refractivity contribution in [1.29, 1.82) is 0 Å². The molecule has 0 N–H and O–H groups in total. The largest absolute Gasteiger partial charge is 1.00 e. The van der Waals surface area contributed by atoms with Crippen molar-refractivity contribution in [2.24, 2.45) is 0 Å². The molecule has 0 aliphatic carbocycles. The molecule has 0 atom stereocenters. The summed E-state index contributed by atoms with van der Waals surface area (Å²) in [7, 11) is -5.17. The summed E-state index contributed by atoms with van der Waals surface area (Å²) in [4.78, 5) is 0. The zero-order valence-electron chi connectivity index (χ0n) is 8.43. The molecule has 0 saturated heterocycles. The van der Waals surface area contributed by atoms with Crippen molar-refractivity contribution in [2.75, 3.05) is 0 Å². The van der Waals surface area contributed by atoms with Crippen molar-refractivity contribution in [3.05, 3.63) is 35.9 Å². The molecular formula is C7H9NaO4S. The maximum absolute atomic E-state index is 8.52. The van der Waals surface area contributed by atoms with Crippen LogP contribution in [-0.4, -0.2) is 17.5 Å². The predicted molar refractivity (Wildman–Crippen MR) is 42.8 cm³/mol. The Morgan fingerprint density at radius 1 is 1.15 bits per heavy atom. The average Bonchev–Trinajstić information content (AvgIpc) is 1.85. The van der Waals surface area contributed by atoms with Crippen molar-refractivity contribution in [3.8, 4) is 0 Å². The molecule has 0 aliphatic heterocycles. The van der Waals surface area contributed by atoms with Crippen molar-refractivity contribution < 1.29 is 48.5 Å². The minimum absolute atomic E-state index is 0. The number of rotatable bonds is 0. The Morgan fingerprint density at radius 3 is 1.62 bits per heavy atom. The van der Waals surface area contributed by atoms with Crippen LogP contribution in [0, 0.1) is 6.92 Å². The van der Waals surface area contributed by atoms with Crippen LogP contribution in [0.5, 0.6) is 0 Å². The first-order valence-electron chi connectivity index (χ1n) is 3.08. The van der Waals surface area contributed by atoms with Gasteiger partial charge in [0.2, 0.25) is 0 Å². The van der Waals surface area contributed by atoms with Crippen molar-refractivity contribution in [1.82, 2.24) is 0 Å². The third-order valence-corrected chi connectivity index (χ3v) is 0.940. The van der Waals surface area contributed by atoms with Crippen LogP contribution in [0.15, 0.2) is 30.3 Å². The van der Waals surface area contributed by atoms with E-state index in [0.29, 0.717) is 0 Å². The fraction of sp³-hybridized carbons (Fsp3) is 0.143. The van der Waals surface area contributed by atoms with Gasteiger partial charge in [-0.05, 0) is 6.92 Å². The monoisotopic (exact) mass is 212 g/mol. The van der Waals surface area contributed by atoms with Crippen molar-refractivity contribution in [2.45, 2.75) is 6.92 Å². The normalized spacial score (nSPS) is 9.15. The second-order valence-electron chi connectivity index (χ2n) is 2.06. The van der Waals surface area contributed by atoms with Gasteiger partial charge in [-0.1, -0.05) is 35.9 Å². The van der Waals surface area contributed by atoms with Gasteiger partial charge >= 0.3 is 31.0 Å². The van der Waals surface area contributed by atoms with Crippen LogP contribution in [0.4, 0.5) is 0 Å². The third kappa shape index (κ3) is 18.8. The van der Waals surface area contributed by atoms with E-state index >= 15 is 0 Å². The van der Waals surface area contributed by atoms with E-state index in [1.165, 1.54) is 5.56 Å². The molecular weight excluding hydrogens is 203 g/mol. The minimum atomic E-state index is -5.17. The van der Waals surface area contributed by atoms with Crippen LogP contribution in [0.3, 0.4) is 0 Å². The van der Waals surface area contributed by atoms with Crippen molar-refractivity contribution >= 4 is 10.4 Å². The smallest absolute Gasteiger partial charge is 0.759 e. The fourth-order valence-corrected chi connectivity index (χ4v) is 0.534. The van der Waals surface area contributed by atoms with Gasteiger partial charge in [0.15, 0.2) is 0 Å². The molecule has 0 spiro atoms. The Hall–Kier alpha value is 0.0900. The maximum atomic E-state index is 8.52. The van der Waals surface area contributed by atoms with Gasteiger partial charge in [0.25, 0.3) is 0 Å². The zero-order chi connectivity index (χ0) is 9.61. The second kappa shape index (κ2) is 7.49. The number of aryl methyl sites for hydroxylation is 1. The molecule has 1 rings (SSSR count). The molecule has 1 aromatic rings. The number of hydrogen-bond acceptors (Lipinski definition) is 4. The Kier molecular flexibility index (Phi) is 8.96. The van der Waals surface area contributed by atoms with Crippen LogP contribution in [0.1, 0.15) is 6.99 Å². The molecule has 0 aliphatic rings. The molecule has 0 aromatic heterocycles. The van der Waals surface area contributed by atoms with E-state index in [2.05, 4.69) is 19.1 Å². The van der Waals surface area contributed by atoms with E-state index in [1.807, 2.05) is 18.2 Å². The summed E-state index contributed by atoms with van der Waals surface area (Å²) in [6.07, 6.45) is 0. The Balaban J connectivity index is -0.000000159.